The third kappa shape index (κ3) is 5.63. The summed E-state index contributed by atoms with van der Waals surface area (Å²) in [5, 5.41) is 24.1. The molecule has 1 spiro atoms. The fraction of sp³-hybridized carbons (Fsp3) is 0.548. The van der Waals surface area contributed by atoms with Crippen molar-refractivity contribution in [2.75, 3.05) is 19.6 Å². The summed E-state index contributed by atoms with van der Waals surface area (Å²) < 4.78 is 6.89. The average molecular weight is 649 g/mol. The van der Waals surface area contributed by atoms with Gasteiger partial charge in [-0.25, -0.2) is 0 Å². The summed E-state index contributed by atoms with van der Waals surface area (Å²) in [6.45, 7) is 2.69. The molecule has 8 rings (SSSR count). The molecule has 2 heterocycles. The number of piperidine rings is 1. The maximum Gasteiger partial charge on any atom is 0.222 e. The topological polar surface area (TPSA) is 73.2 Å². The fourth-order valence-corrected chi connectivity index (χ4v) is 10.1. The summed E-state index contributed by atoms with van der Waals surface area (Å²) in [7, 11) is 0. The Morgan fingerprint density at radius 1 is 0.854 bits per heavy atom. The van der Waals surface area contributed by atoms with Crippen molar-refractivity contribution in [3.63, 3.8) is 0 Å². The van der Waals surface area contributed by atoms with Crippen LogP contribution in [0.4, 0.5) is 0 Å². The van der Waals surface area contributed by atoms with Crippen molar-refractivity contribution >= 4 is 5.91 Å². The summed E-state index contributed by atoms with van der Waals surface area (Å²) in [4.78, 5) is 19.0. The molecule has 2 saturated carbocycles. The van der Waals surface area contributed by atoms with Crippen LogP contribution in [0.25, 0.3) is 0 Å². The fourth-order valence-electron chi connectivity index (χ4n) is 10.1. The summed E-state index contributed by atoms with van der Waals surface area (Å²) >= 11 is 0. The number of ether oxygens (including phenoxy) is 1. The van der Waals surface area contributed by atoms with Gasteiger partial charge in [-0.3, -0.25) is 9.69 Å². The first kappa shape index (κ1) is 31.9. The lowest BCUT2D eigenvalue weighted by Crippen LogP contribution is -2.78. The number of aromatic hydroxyl groups is 1. The zero-order valence-electron chi connectivity index (χ0n) is 28.4. The van der Waals surface area contributed by atoms with Gasteiger partial charge in [0.2, 0.25) is 5.91 Å². The van der Waals surface area contributed by atoms with E-state index in [4.69, 9.17) is 4.74 Å². The van der Waals surface area contributed by atoms with E-state index in [0.717, 1.165) is 88.8 Å². The lowest BCUT2D eigenvalue weighted by Gasteiger charge is -2.65. The summed E-state index contributed by atoms with van der Waals surface area (Å²) in [5.41, 5.74) is 3.39. The van der Waals surface area contributed by atoms with E-state index in [9.17, 15) is 15.0 Å². The summed E-state index contributed by atoms with van der Waals surface area (Å²) in [6.07, 6.45) is 12.7. The van der Waals surface area contributed by atoms with E-state index in [2.05, 4.69) is 76.5 Å². The maximum absolute atomic E-state index is 14.3. The Morgan fingerprint density at radius 3 is 2.27 bits per heavy atom. The molecule has 5 atom stereocenters. The van der Waals surface area contributed by atoms with Crippen molar-refractivity contribution in [2.24, 2.45) is 5.92 Å². The van der Waals surface area contributed by atoms with Crippen LogP contribution >= 0.6 is 0 Å². The van der Waals surface area contributed by atoms with Crippen LogP contribution in [0.1, 0.15) is 92.9 Å². The van der Waals surface area contributed by atoms with Crippen LogP contribution < -0.4 is 4.74 Å². The van der Waals surface area contributed by atoms with E-state index in [-0.39, 0.29) is 29.8 Å². The number of likely N-dealkylation sites (tertiary alicyclic amines) is 1. The quantitative estimate of drug-likeness (QED) is 0.185. The summed E-state index contributed by atoms with van der Waals surface area (Å²) in [5.74, 6) is 1.69. The van der Waals surface area contributed by atoms with Crippen molar-refractivity contribution in [1.82, 2.24) is 9.80 Å². The molecular weight excluding hydrogens is 596 g/mol. The van der Waals surface area contributed by atoms with E-state index in [1.54, 1.807) is 6.07 Å². The molecule has 2 aliphatic heterocycles. The van der Waals surface area contributed by atoms with Crippen LogP contribution in [0.2, 0.25) is 0 Å². The Morgan fingerprint density at radius 2 is 1.56 bits per heavy atom. The van der Waals surface area contributed by atoms with Crippen molar-refractivity contribution < 1.29 is 19.7 Å². The third-order valence-corrected chi connectivity index (χ3v) is 12.6. The number of phenolic OH excluding ortho intramolecular Hbond substituents is 1. The molecule has 1 amide bonds. The normalized spacial score (nSPS) is 28.5. The van der Waals surface area contributed by atoms with Crippen molar-refractivity contribution in [3.05, 3.63) is 95.1 Å². The van der Waals surface area contributed by atoms with Crippen molar-refractivity contribution in [3.8, 4) is 11.5 Å². The van der Waals surface area contributed by atoms with E-state index < -0.39 is 11.0 Å². The predicted molar refractivity (Wildman–Crippen MR) is 188 cm³/mol. The van der Waals surface area contributed by atoms with Crippen molar-refractivity contribution in [1.29, 1.82) is 0 Å². The Hall–Kier alpha value is -3.35. The second-order valence-corrected chi connectivity index (χ2v) is 15.5. The SMILES string of the molecule is O=C(CCCCCc1ccccc1)N(CCCCc1ccccc1)[C@@H]1CC[C@@]2(O)[C@H]3Cc4ccc(O)c5c4[C@@]2(CCN3CC2CC2)[C@H]1O5. The highest BCUT2D eigenvalue weighted by Gasteiger charge is 2.73. The first-order valence-corrected chi connectivity index (χ1v) is 18.8. The Bertz CT molecular complexity index is 1590. The molecule has 3 aromatic carbocycles. The van der Waals surface area contributed by atoms with Gasteiger partial charge >= 0.3 is 0 Å². The van der Waals surface area contributed by atoms with Gasteiger partial charge in [0.1, 0.15) is 6.10 Å². The van der Waals surface area contributed by atoms with Crippen LogP contribution in [-0.2, 0) is 29.5 Å². The number of rotatable bonds is 14. The minimum atomic E-state index is -0.938. The van der Waals surface area contributed by atoms with Gasteiger partial charge in [-0.15, -0.1) is 0 Å². The van der Waals surface area contributed by atoms with Gasteiger partial charge < -0.3 is 19.8 Å². The van der Waals surface area contributed by atoms with Crippen molar-refractivity contribution in [2.45, 2.75) is 119 Å². The first-order chi connectivity index (χ1) is 23.5. The molecule has 1 saturated heterocycles. The van der Waals surface area contributed by atoms with Gasteiger partial charge in [-0.05, 0) is 112 Å². The molecule has 3 aromatic rings. The lowest BCUT2D eigenvalue weighted by atomic mass is 9.48. The number of amides is 1. The second-order valence-electron chi connectivity index (χ2n) is 15.5. The van der Waals surface area contributed by atoms with Crippen LogP contribution in [0.3, 0.4) is 0 Å². The number of hydrogen-bond acceptors (Lipinski definition) is 5. The predicted octanol–water partition coefficient (Wildman–Crippen LogP) is 6.98. The van der Waals surface area contributed by atoms with Gasteiger partial charge in [0.05, 0.1) is 17.1 Å². The zero-order valence-corrected chi connectivity index (χ0v) is 28.4. The number of carbonyl (C=O) groups is 1. The van der Waals surface area contributed by atoms with Crippen LogP contribution in [0.15, 0.2) is 72.8 Å². The number of nitrogens with zero attached hydrogens (tertiary/aromatic N) is 2. The largest absolute Gasteiger partial charge is 0.504 e. The molecule has 0 unspecified atom stereocenters. The Balaban J connectivity index is 1.04. The number of carbonyl (C=O) groups excluding carboxylic acids is 1. The van der Waals surface area contributed by atoms with Crippen LogP contribution in [0, 0.1) is 5.92 Å². The standard InChI is InChI=1S/C42H52N2O4/c45-35-22-21-33-28-36-42(47)24-23-34(40-41(42,38(33)39(35)48-40)25-27-43(36)29-32-19-20-32)44(26-11-10-17-31-14-6-2-7-15-31)37(46)18-9-3-8-16-30-12-4-1-5-13-30/h1-2,4-7,12-15,21-22,32,34,36,40,45,47H,3,8-11,16-20,23-29H2/t34-,36-,40+,41+,42-/m1/s1. The van der Waals surface area contributed by atoms with Gasteiger partial charge in [0.25, 0.3) is 0 Å². The monoisotopic (exact) mass is 648 g/mol. The smallest absolute Gasteiger partial charge is 0.222 e. The van der Waals surface area contributed by atoms with Gasteiger partial charge in [0, 0.05) is 31.1 Å². The molecule has 3 aliphatic carbocycles. The summed E-state index contributed by atoms with van der Waals surface area (Å²) in [6, 6.07) is 25.0. The van der Waals surface area contributed by atoms with Crippen LogP contribution in [0.5, 0.6) is 11.5 Å². The number of benzene rings is 3. The minimum absolute atomic E-state index is 0.0431. The molecule has 6 heteroatoms. The molecule has 6 nitrogen and oxygen atoms in total. The molecule has 0 radical (unpaired) electrons. The minimum Gasteiger partial charge on any atom is -0.504 e. The van der Waals surface area contributed by atoms with E-state index >= 15 is 0 Å². The third-order valence-electron chi connectivity index (χ3n) is 12.6. The average Bonchev–Trinajstić information content (AvgIpc) is 3.85. The number of hydrogen-bond donors (Lipinski definition) is 2. The lowest BCUT2D eigenvalue weighted by molar-refractivity contribution is -0.202. The van der Waals surface area contributed by atoms with Gasteiger partial charge in [0.15, 0.2) is 11.5 Å². The highest BCUT2D eigenvalue weighted by Crippen LogP contribution is 2.66. The number of aryl methyl sites for hydroxylation is 2. The molecule has 0 aromatic heterocycles. The highest BCUT2D eigenvalue weighted by molar-refractivity contribution is 5.77. The highest BCUT2D eigenvalue weighted by atomic mass is 16.5. The van der Waals surface area contributed by atoms with E-state index in [0.29, 0.717) is 25.1 Å². The molecule has 2 N–H and O–H groups in total. The van der Waals surface area contributed by atoms with E-state index in [1.807, 2.05) is 0 Å². The first-order valence-electron chi connectivity index (χ1n) is 18.8. The second kappa shape index (κ2) is 13.2. The van der Waals surface area contributed by atoms with Gasteiger partial charge in [-0.2, -0.15) is 0 Å². The molecule has 48 heavy (non-hydrogen) atoms. The van der Waals surface area contributed by atoms with Gasteiger partial charge in [-0.1, -0.05) is 73.2 Å². The van der Waals surface area contributed by atoms with E-state index in [1.165, 1.54) is 29.5 Å². The molecule has 5 aliphatic rings. The maximum atomic E-state index is 14.3. The zero-order chi connectivity index (χ0) is 32.7. The molecular formula is C42H52N2O4. The number of phenols is 1. The number of aliphatic hydroxyl groups is 1. The van der Waals surface area contributed by atoms with Crippen LogP contribution in [-0.4, -0.2) is 69.3 Å². The Kier molecular flexibility index (Phi) is 8.75. The molecule has 3 fully saturated rings. The number of unbranched alkanes of at least 4 members (excludes halogenated alkanes) is 3. The molecule has 254 valence electrons. The Labute approximate surface area is 286 Å². The molecule has 2 bridgehead atoms.